The third-order valence-corrected chi connectivity index (χ3v) is 3.80. The average Bonchev–Trinajstić information content (AvgIpc) is 2.82. The maximum atomic E-state index is 11.6. The fraction of sp³-hybridized carbons (Fsp3) is 0.385. The summed E-state index contributed by atoms with van der Waals surface area (Å²) in [7, 11) is 3.58. The Labute approximate surface area is 105 Å². The van der Waals surface area contributed by atoms with Crippen LogP contribution in [0.5, 0.6) is 0 Å². The molecule has 3 amide bonds. The maximum Gasteiger partial charge on any atom is 0.317 e. The number of likely N-dealkylation sites (N-methyl/N-ethyl adjacent to an activating group) is 2. The van der Waals surface area contributed by atoms with Crippen LogP contribution < -0.4 is 10.2 Å². The monoisotopic (exact) mass is 245 g/mol. The van der Waals surface area contributed by atoms with Crippen molar-refractivity contribution in [3.8, 4) is 0 Å². The van der Waals surface area contributed by atoms with Crippen LogP contribution in [0.2, 0.25) is 0 Å². The topological polar surface area (TPSA) is 52.7 Å². The summed E-state index contributed by atoms with van der Waals surface area (Å²) in [4.78, 5) is 26.5. The average molecular weight is 245 g/mol. The largest absolute Gasteiger partial charge is 0.336 e. The number of fused-ring (bicyclic) bond motifs is 1. The summed E-state index contributed by atoms with van der Waals surface area (Å²) in [6, 6.07) is 6.01. The zero-order valence-electron chi connectivity index (χ0n) is 10.4. The normalized spacial score (nSPS) is 22.4. The molecule has 1 saturated heterocycles. The van der Waals surface area contributed by atoms with Crippen molar-refractivity contribution in [3.63, 3.8) is 0 Å². The third kappa shape index (κ3) is 1.47. The van der Waals surface area contributed by atoms with E-state index in [0.717, 1.165) is 16.8 Å². The summed E-state index contributed by atoms with van der Waals surface area (Å²) in [5.41, 5.74) is 3.11. The van der Waals surface area contributed by atoms with Gasteiger partial charge in [-0.3, -0.25) is 4.79 Å². The third-order valence-electron chi connectivity index (χ3n) is 3.80. The number of carbonyl (C=O) groups excluding carboxylic acids is 2. The molecular formula is C13H15N3O2. The molecule has 18 heavy (non-hydrogen) atoms. The molecule has 5 heteroatoms. The van der Waals surface area contributed by atoms with Crippen molar-refractivity contribution in [1.82, 2.24) is 10.2 Å². The molecule has 1 atom stereocenters. The predicted octanol–water partition coefficient (Wildman–Crippen LogP) is 0.902. The number of hydrogen-bond acceptors (Lipinski definition) is 2. The highest BCUT2D eigenvalue weighted by Gasteiger charge is 2.30. The fourth-order valence-electron chi connectivity index (χ4n) is 2.63. The van der Waals surface area contributed by atoms with Gasteiger partial charge in [-0.05, 0) is 17.2 Å². The van der Waals surface area contributed by atoms with E-state index in [1.54, 1.807) is 23.9 Å². The van der Waals surface area contributed by atoms with Crippen LogP contribution in [-0.2, 0) is 11.2 Å². The minimum absolute atomic E-state index is 0.0475. The van der Waals surface area contributed by atoms with Gasteiger partial charge in [0.15, 0.2) is 0 Å². The van der Waals surface area contributed by atoms with E-state index in [1.165, 1.54) is 0 Å². The quantitative estimate of drug-likeness (QED) is 0.799. The number of benzene rings is 1. The summed E-state index contributed by atoms with van der Waals surface area (Å²) in [6.45, 7) is 0.623. The first-order valence-electron chi connectivity index (χ1n) is 5.98. The van der Waals surface area contributed by atoms with E-state index in [-0.39, 0.29) is 18.0 Å². The van der Waals surface area contributed by atoms with Gasteiger partial charge in [0.25, 0.3) is 0 Å². The van der Waals surface area contributed by atoms with Crippen molar-refractivity contribution in [2.75, 3.05) is 25.5 Å². The number of amides is 3. The van der Waals surface area contributed by atoms with Gasteiger partial charge in [-0.15, -0.1) is 0 Å². The van der Waals surface area contributed by atoms with Crippen molar-refractivity contribution < 1.29 is 9.59 Å². The molecule has 0 bridgehead atoms. The number of nitrogens with one attached hydrogen (secondary N) is 1. The lowest BCUT2D eigenvalue weighted by atomic mass is 10.0. The smallest absolute Gasteiger partial charge is 0.317 e. The molecular weight excluding hydrogens is 230 g/mol. The Hall–Kier alpha value is -2.04. The van der Waals surface area contributed by atoms with E-state index < -0.39 is 0 Å². The molecule has 1 aromatic carbocycles. The van der Waals surface area contributed by atoms with Crippen LogP contribution in [0.15, 0.2) is 18.2 Å². The fourth-order valence-corrected chi connectivity index (χ4v) is 2.63. The number of carbonyl (C=O) groups is 2. The molecule has 3 rings (SSSR count). The Morgan fingerprint density at radius 2 is 2.06 bits per heavy atom. The summed E-state index contributed by atoms with van der Waals surface area (Å²) in [5.74, 6) is 0.121. The second-order valence-corrected chi connectivity index (χ2v) is 4.83. The number of rotatable bonds is 1. The van der Waals surface area contributed by atoms with Crippen LogP contribution in [0.1, 0.15) is 17.2 Å². The van der Waals surface area contributed by atoms with E-state index in [1.807, 2.05) is 18.2 Å². The predicted molar refractivity (Wildman–Crippen MR) is 67.5 cm³/mol. The second kappa shape index (κ2) is 3.73. The molecule has 2 heterocycles. The van der Waals surface area contributed by atoms with E-state index in [2.05, 4.69) is 5.32 Å². The maximum absolute atomic E-state index is 11.6. The lowest BCUT2D eigenvalue weighted by molar-refractivity contribution is -0.117. The molecule has 0 spiro atoms. The Balaban J connectivity index is 1.95. The molecule has 1 aromatic rings. The summed E-state index contributed by atoms with van der Waals surface area (Å²) >= 11 is 0. The summed E-state index contributed by atoms with van der Waals surface area (Å²) in [6.07, 6.45) is 0.456. The van der Waals surface area contributed by atoms with Crippen molar-refractivity contribution >= 4 is 17.6 Å². The molecule has 2 aliphatic rings. The van der Waals surface area contributed by atoms with Gasteiger partial charge >= 0.3 is 6.03 Å². The molecule has 1 N–H and O–H groups in total. The highest BCUT2D eigenvalue weighted by Crippen LogP contribution is 2.32. The van der Waals surface area contributed by atoms with Crippen molar-refractivity contribution in [2.24, 2.45) is 0 Å². The minimum atomic E-state index is -0.0475. The molecule has 0 saturated carbocycles. The number of nitrogens with zero attached hydrogens (tertiary/aromatic N) is 2. The Kier molecular flexibility index (Phi) is 2.29. The van der Waals surface area contributed by atoms with Gasteiger partial charge < -0.3 is 15.1 Å². The van der Waals surface area contributed by atoms with Crippen molar-refractivity contribution in [1.29, 1.82) is 0 Å². The highest BCUT2D eigenvalue weighted by atomic mass is 16.2. The zero-order chi connectivity index (χ0) is 12.9. The van der Waals surface area contributed by atoms with E-state index in [0.29, 0.717) is 13.0 Å². The van der Waals surface area contributed by atoms with Crippen LogP contribution in [-0.4, -0.2) is 37.5 Å². The van der Waals surface area contributed by atoms with E-state index >= 15 is 0 Å². The molecule has 5 nitrogen and oxygen atoms in total. The Morgan fingerprint density at radius 3 is 2.72 bits per heavy atom. The first-order chi connectivity index (χ1) is 8.58. The zero-order valence-corrected chi connectivity index (χ0v) is 10.4. The van der Waals surface area contributed by atoms with Crippen LogP contribution in [0.25, 0.3) is 0 Å². The molecule has 0 aliphatic carbocycles. The van der Waals surface area contributed by atoms with Crippen molar-refractivity contribution in [2.45, 2.75) is 12.5 Å². The summed E-state index contributed by atoms with van der Waals surface area (Å²) < 4.78 is 0. The van der Waals surface area contributed by atoms with Crippen molar-refractivity contribution in [3.05, 3.63) is 29.3 Å². The van der Waals surface area contributed by atoms with Gasteiger partial charge in [0.1, 0.15) is 0 Å². The summed E-state index contributed by atoms with van der Waals surface area (Å²) in [5, 5.41) is 2.81. The van der Waals surface area contributed by atoms with Crippen LogP contribution in [0.3, 0.4) is 0 Å². The Morgan fingerprint density at radius 1 is 1.28 bits per heavy atom. The number of hydrogen-bond donors (Lipinski definition) is 1. The minimum Gasteiger partial charge on any atom is -0.336 e. The van der Waals surface area contributed by atoms with Gasteiger partial charge in [0.2, 0.25) is 5.91 Å². The first kappa shape index (κ1) is 11.1. The second-order valence-electron chi connectivity index (χ2n) is 4.83. The van der Waals surface area contributed by atoms with Crippen LogP contribution in [0.4, 0.5) is 10.5 Å². The Bertz CT molecular complexity index is 541. The molecule has 1 fully saturated rings. The molecule has 2 aliphatic heterocycles. The highest BCUT2D eigenvalue weighted by molar-refractivity contribution is 6.01. The number of urea groups is 1. The lowest BCUT2D eigenvalue weighted by Gasteiger charge is -2.19. The molecule has 94 valence electrons. The first-order valence-corrected chi connectivity index (χ1v) is 5.98. The van der Waals surface area contributed by atoms with Crippen LogP contribution in [0, 0.1) is 0 Å². The standard InChI is InChI=1S/C13H15N3O2/c1-15-10-4-3-8(5-9(10)6-12(15)17)11-7-14-13(18)16(11)2/h3-5,11H,6-7H2,1-2H3,(H,14,18). The van der Waals surface area contributed by atoms with Gasteiger partial charge in [0, 0.05) is 26.3 Å². The van der Waals surface area contributed by atoms with Crippen LogP contribution >= 0.6 is 0 Å². The molecule has 0 aromatic heterocycles. The van der Waals surface area contributed by atoms with E-state index in [4.69, 9.17) is 0 Å². The lowest BCUT2D eigenvalue weighted by Crippen LogP contribution is -2.25. The van der Waals surface area contributed by atoms with Gasteiger partial charge in [-0.25, -0.2) is 4.79 Å². The van der Waals surface area contributed by atoms with E-state index in [9.17, 15) is 9.59 Å². The SMILES string of the molecule is CN1C(=O)Cc2cc(C3CNC(=O)N3C)ccc21. The number of anilines is 1. The van der Waals surface area contributed by atoms with Gasteiger partial charge in [-0.2, -0.15) is 0 Å². The molecule has 1 unspecified atom stereocenters. The molecule has 0 radical (unpaired) electrons. The van der Waals surface area contributed by atoms with Gasteiger partial charge in [-0.1, -0.05) is 12.1 Å². The van der Waals surface area contributed by atoms with Gasteiger partial charge in [0.05, 0.1) is 12.5 Å².